The van der Waals surface area contributed by atoms with Crippen molar-refractivity contribution < 1.29 is 9.90 Å². The summed E-state index contributed by atoms with van der Waals surface area (Å²) in [7, 11) is 0. The van der Waals surface area contributed by atoms with Crippen LogP contribution in [-0.4, -0.2) is 17.6 Å². The first-order chi connectivity index (χ1) is 8.27. The van der Waals surface area contributed by atoms with Gasteiger partial charge in [0, 0.05) is 12.5 Å². The molecule has 1 aromatic carbocycles. The minimum atomic E-state index is -0.712. The number of rotatable bonds is 5. The fourth-order valence-corrected chi connectivity index (χ4v) is 2.48. The predicted octanol–water partition coefficient (Wildman–Crippen LogP) is 2.52. The first-order valence-corrected chi connectivity index (χ1v) is 6.30. The van der Waals surface area contributed by atoms with Crippen LogP contribution in [0.4, 0.5) is 0 Å². The summed E-state index contributed by atoms with van der Waals surface area (Å²) in [5.41, 5.74) is 2.84. The lowest BCUT2D eigenvalue weighted by Crippen LogP contribution is -2.26. The van der Waals surface area contributed by atoms with E-state index in [1.807, 2.05) is 0 Å². The van der Waals surface area contributed by atoms with Crippen LogP contribution in [0.25, 0.3) is 0 Å². The third-order valence-electron chi connectivity index (χ3n) is 3.33. The SMILES string of the molecule is O=C(O)CCCNC1CCCc2ccccc21. The zero-order valence-corrected chi connectivity index (χ0v) is 9.98. The molecule has 0 saturated carbocycles. The van der Waals surface area contributed by atoms with Gasteiger partial charge >= 0.3 is 5.97 Å². The Balaban J connectivity index is 1.88. The summed E-state index contributed by atoms with van der Waals surface area (Å²) < 4.78 is 0. The monoisotopic (exact) mass is 233 g/mol. The molecule has 3 nitrogen and oxygen atoms in total. The molecule has 1 aliphatic rings. The van der Waals surface area contributed by atoms with Gasteiger partial charge in [0.25, 0.3) is 0 Å². The van der Waals surface area contributed by atoms with Crippen molar-refractivity contribution in [1.29, 1.82) is 0 Å². The molecule has 0 radical (unpaired) electrons. The van der Waals surface area contributed by atoms with Gasteiger partial charge < -0.3 is 10.4 Å². The van der Waals surface area contributed by atoms with E-state index in [0.717, 1.165) is 13.0 Å². The summed E-state index contributed by atoms with van der Waals surface area (Å²) in [6.07, 6.45) is 4.50. The third-order valence-corrected chi connectivity index (χ3v) is 3.33. The normalized spacial score (nSPS) is 18.7. The second-order valence-electron chi connectivity index (χ2n) is 4.60. The first kappa shape index (κ1) is 12.1. The number of aryl methyl sites for hydroxylation is 1. The van der Waals surface area contributed by atoms with Crippen LogP contribution < -0.4 is 5.32 Å². The summed E-state index contributed by atoms with van der Waals surface area (Å²) in [5.74, 6) is -0.712. The smallest absolute Gasteiger partial charge is 0.303 e. The van der Waals surface area contributed by atoms with Crippen molar-refractivity contribution in [3.63, 3.8) is 0 Å². The Morgan fingerprint density at radius 3 is 3.06 bits per heavy atom. The van der Waals surface area contributed by atoms with Crippen LogP contribution in [0.1, 0.15) is 42.9 Å². The summed E-state index contributed by atoms with van der Waals surface area (Å²) in [5, 5.41) is 12.1. The molecule has 0 aliphatic heterocycles. The van der Waals surface area contributed by atoms with Crippen LogP contribution in [0.5, 0.6) is 0 Å². The molecule has 0 saturated heterocycles. The molecule has 17 heavy (non-hydrogen) atoms. The number of hydrogen-bond donors (Lipinski definition) is 2. The van der Waals surface area contributed by atoms with Crippen molar-refractivity contribution in [3.05, 3.63) is 35.4 Å². The number of fused-ring (bicyclic) bond motifs is 1. The van der Waals surface area contributed by atoms with Gasteiger partial charge in [-0.25, -0.2) is 0 Å². The van der Waals surface area contributed by atoms with Gasteiger partial charge in [-0.05, 0) is 43.4 Å². The van der Waals surface area contributed by atoms with E-state index in [2.05, 4.69) is 29.6 Å². The lowest BCUT2D eigenvalue weighted by molar-refractivity contribution is -0.137. The van der Waals surface area contributed by atoms with E-state index in [0.29, 0.717) is 12.5 Å². The molecular formula is C14H19NO2. The van der Waals surface area contributed by atoms with Crippen LogP contribution in [0.3, 0.4) is 0 Å². The Morgan fingerprint density at radius 2 is 2.24 bits per heavy atom. The van der Waals surface area contributed by atoms with Gasteiger partial charge in [0.05, 0.1) is 0 Å². The predicted molar refractivity (Wildman–Crippen MR) is 67.0 cm³/mol. The van der Waals surface area contributed by atoms with Gasteiger partial charge in [0.2, 0.25) is 0 Å². The Hall–Kier alpha value is -1.35. The minimum absolute atomic E-state index is 0.251. The number of carboxylic acids is 1. The van der Waals surface area contributed by atoms with Gasteiger partial charge in [-0.3, -0.25) is 4.79 Å². The molecule has 1 atom stereocenters. The van der Waals surface area contributed by atoms with Crippen LogP contribution in [0, 0.1) is 0 Å². The maximum Gasteiger partial charge on any atom is 0.303 e. The maximum absolute atomic E-state index is 10.4. The molecule has 92 valence electrons. The molecule has 0 amide bonds. The van der Waals surface area contributed by atoms with E-state index < -0.39 is 5.97 Å². The standard InChI is InChI=1S/C14H19NO2/c16-14(17)9-4-10-15-13-8-3-6-11-5-1-2-7-12(11)13/h1-2,5,7,13,15H,3-4,6,8-10H2,(H,16,17). The molecule has 1 unspecified atom stereocenters. The highest BCUT2D eigenvalue weighted by molar-refractivity contribution is 5.66. The van der Waals surface area contributed by atoms with Crippen LogP contribution in [0.2, 0.25) is 0 Å². The van der Waals surface area contributed by atoms with Crippen molar-refractivity contribution in [1.82, 2.24) is 5.32 Å². The van der Waals surface area contributed by atoms with E-state index in [-0.39, 0.29) is 6.42 Å². The number of nitrogens with one attached hydrogen (secondary N) is 1. The molecule has 1 aliphatic carbocycles. The highest BCUT2D eigenvalue weighted by atomic mass is 16.4. The zero-order chi connectivity index (χ0) is 12.1. The van der Waals surface area contributed by atoms with Crippen molar-refractivity contribution in [2.45, 2.75) is 38.1 Å². The molecule has 0 bridgehead atoms. The van der Waals surface area contributed by atoms with Crippen LogP contribution >= 0.6 is 0 Å². The highest BCUT2D eigenvalue weighted by Gasteiger charge is 2.18. The highest BCUT2D eigenvalue weighted by Crippen LogP contribution is 2.29. The third kappa shape index (κ3) is 3.30. The van der Waals surface area contributed by atoms with E-state index >= 15 is 0 Å². The molecule has 0 aromatic heterocycles. The van der Waals surface area contributed by atoms with E-state index in [9.17, 15) is 4.79 Å². The summed E-state index contributed by atoms with van der Waals surface area (Å²) in [6, 6.07) is 8.96. The van der Waals surface area contributed by atoms with Crippen molar-refractivity contribution in [3.8, 4) is 0 Å². The fourth-order valence-electron chi connectivity index (χ4n) is 2.48. The topological polar surface area (TPSA) is 49.3 Å². The molecule has 2 rings (SSSR count). The van der Waals surface area contributed by atoms with Crippen LogP contribution in [0.15, 0.2) is 24.3 Å². The zero-order valence-electron chi connectivity index (χ0n) is 9.98. The number of benzene rings is 1. The summed E-state index contributed by atoms with van der Waals surface area (Å²) in [6.45, 7) is 0.783. The number of carboxylic acid groups (broad SMARTS) is 1. The molecular weight excluding hydrogens is 214 g/mol. The Labute approximate surface area is 102 Å². The molecule has 0 spiro atoms. The first-order valence-electron chi connectivity index (χ1n) is 6.30. The lowest BCUT2D eigenvalue weighted by atomic mass is 9.88. The maximum atomic E-state index is 10.4. The van der Waals surface area contributed by atoms with Crippen molar-refractivity contribution in [2.75, 3.05) is 6.54 Å². The van der Waals surface area contributed by atoms with Gasteiger partial charge in [0.1, 0.15) is 0 Å². The van der Waals surface area contributed by atoms with Crippen molar-refractivity contribution >= 4 is 5.97 Å². The van der Waals surface area contributed by atoms with Gasteiger partial charge in [-0.15, -0.1) is 0 Å². The van der Waals surface area contributed by atoms with E-state index in [1.54, 1.807) is 0 Å². The summed E-state index contributed by atoms with van der Waals surface area (Å²) >= 11 is 0. The molecule has 0 fully saturated rings. The molecule has 3 heteroatoms. The second-order valence-corrected chi connectivity index (χ2v) is 4.60. The summed E-state index contributed by atoms with van der Waals surface area (Å²) in [4.78, 5) is 10.4. The second kappa shape index (κ2) is 5.82. The average molecular weight is 233 g/mol. The molecule has 1 aromatic rings. The quantitative estimate of drug-likeness (QED) is 0.768. The van der Waals surface area contributed by atoms with Gasteiger partial charge in [-0.2, -0.15) is 0 Å². The lowest BCUT2D eigenvalue weighted by Gasteiger charge is -2.26. The minimum Gasteiger partial charge on any atom is -0.481 e. The van der Waals surface area contributed by atoms with E-state index in [1.165, 1.54) is 24.0 Å². The number of hydrogen-bond acceptors (Lipinski definition) is 2. The Kier molecular flexibility index (Phi) is 4.15. The van der Waals surface area contributed by atoms with E-state index in [4.69, 9.17) is 5.11 Å². The molecule has 2 N–H and O–H groups in total. The van der Waals surface area contributed by atoms with Gasteiger partial charge in [0.15, 0.2) is 0 Å². The number of carbonyl (C=O) groups is 1. The van der Waals surface area contributed by atoms with Crippen molar-refractivity contribution in [2.24, 2.45) is 0 Å². The average Bonchev–Trinajstić information content (AvgIpc) is 2.34. The fraction of sp³-hybridized carbons (Fsp3) is 0.500. The molecule has 0 heterocycles. The largest absolute Gasteiger partial charge is 0.481 e. The van der Waals surface area contributed by atoms with Gasteiger partial charge in [-0.1, -0.05) is 24.3 Å². The Morgan fingerprint density at radius 1 is 1.41 bits per heavy atom. The Bertz CT molecular complexity index is 390. The number of aliphatic carboxylic acids is 1. The van der Waals surface area contributed by atoms with Crippen LogP contribution in [-0.2, 0) is 11.2 Å².